The molecule has 2 aromatic carbocycles. The maximum Gasteiger partial charge on any atom is 0.191 e. The molecule has 0 atom stereocenters. The highest BCUT2D eigenvalue weighted by Crippen LogP contribution is 2.13. The minimum absolute atomic E-state index is 0.698. The van der Waals surface area contributed by atoms with E-state index in [1.165, 1.54) is 11.1 Å². The van der Waals surface area contributed by atoms with Crippen molar-refractivity contribution in [3.63, 3.8) is 0 Å². The van der Waals surface area contributed by atoms with Gasteiger partial charge in [-0.3, -0.25) is 4.99 Å². The van der Waals surface area contributed by atoms with Gasteiger partial charge in [-0.25, -0.2) is 0 Å². The fraction of sp³-hybridized carbons (Fsp3) is 0.409. The summed E-state index contributed by atoms with van der Waals surface area (Å²) in [6, 6.07) is 16.2. The first kappa shape index (κ1) is 21.6. The largest absolute Gasteiger partial charge is 0.497 e. The third-order valence-electron chi connectivity index (χ3n) is 4.24. The van der Waals surface area contributed by atoms with Gasteiger partial charge >= 0.3 is 0 Å². The molecule has 0 saturated carbocycles. The van der Waals surface area contributed by atoms with E-state index in [9.17, 15) is 0 Å². The number of hydrogen-bond acceptors (Lipinski definition) is 4. The average molecular weight is 385 g/mol. The lowest BCUT2D eigenvalue weighted by Gasteiger charge is -2.13. The number of nitrogens with one attached hydrogen (secondary N) is 2. The van der Waals surface area contributed by atoms with Crippen LogP contribution in [0.3, 0.4) is 0 Å². The van der Waals surface area contributed by atoms with E-state index in [2.05, 4.69) is 46.8 Å². The maximum absolute atomic E-state index is 5.77. The quantitative estimate of drug-likeness (QED) is 0.375. The molecule has 0 amide bonds. The lowest BCUT2D eigenvalue weighted by atomic mass is 10.2. The van der Waals surface area contributed by atoms with Crippen molar-refractivity contribution >= 4 is 5.96 Å². The smallest absolute Gasteiger partial charge is 0.191 e. The van der Waals surface area contributed by atoms with Gasteiger partial charge in [0, 0.05) is 26.7 Å². The molecule has 0 aromatic heterocycles. The molecular weight excluding hydrogens is 352 g/mol. The van der Waals surface area contributed by atoms with Gasteiger partial charge in [-0.05, 0) is 55.9 Å². The van der Waals surface area contributed by atoms with Gasteiger partial charge in [-0.1, -0.05) is 24.3 Å². The van der Waals surface area contributed by atoms with E-state index in [-0.39, 0.29) is 0 Å². The molecule has 2 N–H and O–H groups in total. The van der Waals surface area contributed by atoms with E-state index in [1.807, 2.05) is 36.4 Å². The third kappa shape index (κ3) is 7.88. The fourth-order valence-electron chi connectivity index (χ4n) is 2.61. The van der Waals surface area contributed by atoms with Crippen LogP contribution < -0.4 is 20.1 Å². The zero-order chi connectivity index (χ0) is 20.2. The van der Waals surface area contributed by atoms with Crippen molar-refractivity contribution < 1.29 is 9.47 Å². The van der Waals surface area contributed by atoms with Gasteiger partial charge < -0.3 is 25.0 Å². The van der Waals surface area contributed by atoms with Crippen LogP contribution in [0.1, 0.15) is 17.5 Å². The zero-order valence-corrected chi connectivity index (χ0v) is 17.4. The molecule has 0 fully saturated rings. The second-order valence-electron chi connectivity index (χ2n) is 6.78. The van der Waals surface area contributed by atoms with Crippen LogP contribution in [0.2, 0.25) is 0 Å². The molecule has 0 aliphatic heterocycles. The van der Waals surface area contributed by atoms with Gasteiger partial charge in [0.25, 0.3) is 0 Å². The summed E-state index contributed by atoms with van der Waals surface area (Å²) in [5.41, 5.74) is 2.34. The van der Waals surface area contributed by atoms with Crippen molar-refractivity contribution in [3.05, 3.63) is 59.7 Å². The Morgan fingerprint density at radius 1 is 0.893 bits per heavy atom. The highest BCUT2D eigenvalue weighted by atomic mass is 16.5. The number of nitrogens with zero attached hydrogens (tertiary/aromatic N) is 2. The summed E-state index contributed by atoms with van der Waals surface area (Å²) in [6.45, 7) is 3.16. The highest BCUT2D eigenvalue weighted by Gasteiger charge is 2.01. The molecule has 0 aliphatic rings. The average Bonchev–Trinajstić information content (AvgIpc) is 2.72. The summed E-state index contributed by atoms with van der Waals surface area (Å²) in [4.78, 5) is 6.44. The van der Waals surface area contributed by atoms with Gasteiger partial charge in [0.2, 0.25) is 0 Å². The lowest BCUT2D eigenvalue weighted by molar-refractivity contribution is 0.281. The minimum Gasteiger partial charge on any atom is -0.497 e. The van der Waals surface area contributed by atoms with Crippen molar-refractivity contribution in [2.75, 3.05) is 41.4 Å². The lowest BCUT2D eigenvalue weighted by Crippen LogP contribution is -2.36. The molecule has 2 aromatic rings. The SMILES string of the molecule is CN=C(NCc1ccc(OC)cc1)NCc1ccc(OCCCN(C)C)cc1. The van der Waals surface area contributed by atoms with Crippen LogP contribution in [0, 0.1) is 0 Å². The minimum atomic E-state index is 0.698. The molecule has 2 rings (SSSR count). The molecule has 28 heavy (non-hydrogen) atoms. The zero-order valence-electron chi connectivity index (χ0n) is 17.4. The number of benzene rings is 2. The molecule has 6 nitrogen and oxygen atoms in total. The highest BCUT2D eigenvalue weighted by molar-refractivity contribution is 5.79. The van der Waals surface area contributed by atoms with Crippen LogP contribution >= 0.6 is 0 Å². The van der Waals surface area contributed by atoms with Crippen LogP contribution in [0.15, 0.2) is 53.5 Å². The van der Waals surface area contributed by atoms with Crippen LogP contribution in [0.25, 0.3) is 0 Å². The Kier molecular flexibility index (Phi) is 9.15. The standard InChI is InChI=1S/C22H32N4O2/c1-23-22(24-16-18-6-10-20(27-4)11-7-18)25-17-19-8-12-21(13-9-19)28-15-5-14-26(2)3/h6-13H,5,14-17H2,1-4H3,(H2,23,24,25). The summed E-state index contributed by atoms with van der Waals surface area (Å²) >= 11 is 0. The second kappa shape index (κ2) is 11.9. The van der Waals surface area contributed by atoms with Gasteiger partial charge in [0.05, 0.1) is 13.7 Å². The molecule has 0 bridgehead atoms. The number of guanidine groups is 1. The van der Waals surface area contributed by atoms with E-state index in [4.69, 9.17) is 9.47 Å². The van der Waals surface area contributed by atoms with Crippen LogP contribution in [-0.2, 0) is 13.1 Å². The van der Waals surface area contributed by atoms with Gasteiger partial charge in [-0.2, -0.15) is 0 Å². The predicted molar refractivity (Wildman–Crippen MR) is 115 cm³/mol. The monoisotopic (exact) mass is 384 g/mol. The maximum atomic E-state index is 5.77. The van der Waals surface area contributed by atoms with Crippen LogP contribution in [0.4, 0.5) is 0 Å². The summed E-state index contributed by atoms with van der Waals surface area (Å²) in [5, 5.41) is 6.65. The summed E-state index contributed by atoms with van der Waals surface area (Å²) < 4.78 is 11.0. The molecule has 152 valence electrons. The first-order chi connectivity index (χ1) is 13.6. The fourth-order valence-corrected chi connectivity index (χ4v) is 2.61. The van der Waals surface area contributed by atoms with Crippen LogP contribution in [0.5, 0.6) is 11.5 Å². The molecule has 0 unspecified atom stereocenters. The molecule has 0 radical (unpaired) electrons. The first-order valence-corrected chi connectivity index (χ1v) is 9.54. The van der Waals surface area contributed by atoms with Gasteiger partial charge in [0.15, 0.2) is 5.96 Å². The molecule has 0 saturated heterocycles. The van der Waals surface area contributed by atoms with Crippen molar-refractivity contribution in [2.24, 2.45) is 4.99 Å². The molecule has 0 aliphatic carbocycles. The number of aliphatic imine (C=N–C) groups is 1. The summed E-state index contributed by atoms with van der Waals surface area (Å²) in [7, 11) is 7.58. The Morgan fingerprint density at radius 3 is 1.89 bits per heavy atom. The summed E-state index contributed by atoms with van der Waals surface area (Å²) in [6.07, 6.45) is 1.02. The number of rotatable bonds is 10. The summed E-state index contributed by atoms with van der Waals surface area (Å²) in [5.74, 6) is 2.53. The number of hydrogen-bond donors (Lipinski definition) is 2. The van der Waals surface area contributed by atoms with Crippen molar-refractivity contribution in [2.45, 2.75) is 19.5 Å². The Labute approximate surface area is 168 Å². The topological polar surface area (TPSA) is 58.1 Å². The van der Waals surface area contributed by atoms with E-state index in [0.717, 1.165) is 37.0 Å². The Bertz CT molecular complexity index is 712. The molecule has 0 heterocycles. The molecule has 0 spiro atoms. The Morgan fingerprint density at radius 2 is 1.43 bits per heavy atom. The second-order valence-corrected chi connectivity index (χ2v) is 6.78. The number of methoxy groups -OCH3 is 1. The van der Waals surface area contributed by atoms with E-state index >= 15 is 0 Å². The van der Waals surface area contributed by atoms with Crippen molar-refractivity contribution in [1.82, 2.24) is 15.5 Å². The van der Waals surface area contributed by atoms with Crippen molar-refractivity contribution in [1.29, 1.82) is 0 Å². The first-order valence-electron chi connectivity index (χ1n) is 9.54. The van der Waals surface area contributed by atoms with Crippen LogP contribution in [-0.4, -0.2) is 52.3 Å². The molecular formula is C22H32N4O2. The Balaban J connectivity index is 1.73. The van der Waals surface area contributed by atoms with E-state index < -0.39 is 0 Å². The number of ether oxygens (including phenoxy) is 2. The van der Waals surface area contributed by atoms with E-state index in [0.29, 0.717) is 13.1 Å². The Hall–Kier alpha value is -2.73. The molecule has 6 heteroatoms. The predicted octanol–water partition coefficient (Wildman–Crippen LogP) is 2.89. The normalized spacial score (nSPS) is 11.4. The van der Waals surface area contributed by atoms with Gasteiger partial charge in [0.1, 0.15) is 11.5 Å². The van der Waals surface area contributed by atoms with Crippen molar-refractivity contribution in [3.8, 4) is 11.5 Å². The van der Waals surface area contributed by atoms with Gasteiger partial charge in [-0.15, -0.1) is 0 Å². The van der Waals surface area contributed by atoms with E-state index in [1.54, 1.807) is 14.2 Å². The third-order valence-corrected chi connectivity index (χ3v) is 4.24.